The fourth-order valence-electron chi connectivity index (χ4n) is 4.43. The molecule has 2 aromatic rings. The van der Waals surface area contributed by atoms with E-state index in [1.807, 2.05) is 13.8 Å². The lowest BCUT2D eigenvalue weighted by Gasteiger charge is -2.23. The maximum Gasteiger partial charge on any atom is 0.269 e. The topological polar surface area (TPSA) is 84.3 Å². The Labute approximate surface area is 181 Å². The van der Waals surface area contributed by atoms with E-state index in [1.54, 1.807) is 12.1 Å². The molecule has 2 aromatic carbocycles. The molecule has 2 aliphatic carbocycles. The van der Waals surface area contributed by atoms with E-state index in [-0.39, 0.29) is 23.6 Å². The molecule has 7 heteroatoms. The van der Waals surface area contributed by atoms with Crippen molar-refractivity contribution in [2.75, 3.05) is 5.32 Å². The van der Waals surface area contributed by atoms with Gasteiger partial charge in [-0.2, -0.15) is 0 Å². The zero-order chi connectivity index (χ0) is 21.3. The zero-order valence-corrected chi connectivity index (χ0v) is 18.2. The van der Waals surface area contributed by atoms with E-state index in [0.717, 1.165) is 49.1 Å². The van der Waals surface area contributed by atoms with Crippen molar-refractivity contribution in [1.82, 2.24) is 4.72 Å². The maximum atomic E-state index is 13.2. The van der Waals surface area contributed by atoms with Crippen molar-refractivity contribution in [1.29, 1.82) is 0 Å². The van der Waals surface area contributed by atoms with Crippen LogP contribution in [0.4, 0.5) is 11.4 Å². The summed E-state index contributed by atoms with van der Waals surface area (Å²) >= 11 is 1.33. The fourth-order valence-corrected chi connectivity index (χ4v) is 5.34. The van der Waals surface area contributed by atoms with Gasteiger partial charge in [0.25, 0.3) is 5.69 Å². The highest BCUT2D eigenvalue weighted by Crippen LogP contribution is 2.38. The number of nitrogens with one attached hydrogen (secondary N) is 2. The van der Waals surface area contributed by atoms with Crippen LogP contribution in [0.15, 0.2) is 35.2 Å². The number of hydrogen-bond donors (Lipinski definition) is 2. The molecule has 6 nitrogen and oxygen atoms in total. The van der Waals surface area contributed by atoms with Gasteiger partial charge in [0.05, 0.1) is 11.0 Å². The van der Waals surface area contributed by atoms with Crippen molar-refractivity contribution in [2.24, 2.45) is 5.92 Å². The number of nitro groups is 1. The number of rotatable bonds is 7. The van der Waals surface area contributed by atoms with E-state index >= 15 is 0 Å². The van der Waals surface area contributed by atoms with Gasteiger partial charge >= 0.3 is 0 Å². The molecule has 2 N–H and O–H groups in total. The average molecular weight is 426 g/mol. The highest BCUT2D eigenvalue weighted by Gasteiger charge is 2.28. The number of fused-ring (bicyclic) bond motifs is 2. The van der Waals surface area contributed by atoms with Crippen LogP contribution in [0.25, 0.3) is 0 Å². The normalized spacial score (nSPS) is 15.7. The third-order valence-corrected chi connectivity index (χ3v) is 6.90. The highest BCUT2D eigenvalue weighted by atomic mass is 32.2. The van der Waals surface area contributed by atoms with E-state index in [4.69, 9.17) is 0 Å². The van der Waals surface area contributed by atoms with Crippen LogP contribution in [0.3, 0.4) is 0 Å². The Morgan fingerprint density at radius 1 is 1.03 bits per heavy atom. The van der Waals surface area contributed by atoms with Crippen LogP contribution < -0.4 is 10.0 Å². The summed E-state index contributed by atoms with van der Waals surface area (Å²) < 4.78 is 3.27. The molecular weight excluding hydrogens is 398 g/mol. The summed E-state index contributed by atoms with van der Waals surface area (Å²) in [5.41, 5.74) is 6.59. The Balaban J connectivity index is 1.49. The van der Waals surface area contributed by atoms with E-state index in [1.165, 1.54) is 46.3 Å². The molecule has 158 valence electrons. The summed E-state index contributed by atoms with van der Waals surface area (Å²) in [6.07, 6.45) is 6.59. The number of amides is 1. The van der Waals surface area contributed by atoms with Crippen LogP contribution in [0.1, 0.15) is 48.9 Å². The fraction of sp³-hybridized carbons (Fsp3) is 0.435. The molecule has 0 aromatic heterocycles. The second-order valence-corrected chi connectivity index (χ2v) is 9.33. The maximum absolute atomic E-state index is 13.2. The van der Waals surface area contributed by atoms with Crippen molar-refractivity contribution >= 4 is 29.2 Å². The predicted octanol–water partition coefficient (Wildman–Crippen LogP) is 4.83. The first-order chi connectivity index (χ1) is 14.4. The minimum atomic E-state index is -0.414. The number of non-ortho nitro benzene ring substituents is 1. The molecule has 4 rings (SSSR count). The second kappa shape index (κ2) is 8.78. The SMILES string of the molecule is CC(C)C(NSc1ccc([N+](=O)[O-])cc1)C(=O)Nc1c2c(cc3c1CCC3)CCC2. The van der Waals surface area contributed by atoms with E-state index in [9.17, 15) is 14.9 Å². The van der Waals surface area contributed by atoms with Gasteiger partial charge in [-0.1, -0.05) is 19.9 Å². The van der Waals surface area contributed by atoms with E-state index < -0.39 is 4.92 Å². The Hall–Kier alpha value is -2.38. The van der Waals surface area contributed by atoms with E-state index in [0.29, 0.717) is 0 Å². The van der Waals surface area contributed by atoms with Gasteiger partial charge in [0.1, 0.15) is 0 Å². The monoisotopic (exact) mass is 425 g/mol. The molecule has 0 saturated heterocycles. The number of carbonyl (C=O) groups excluding carboxylic acids is 1. The molecule has 0 heterocycles. The minimum absolute atomic E-state index is 0.0196. The van der Waals surface area contributed by atoms with Crippen molar-refractivity contribution in [3.63, 3.8) is 0 Å². The van der Waals surface area contributed by atoms with Crippen LogP contribution in [0.5, 0.6) is 0 Å². The van der Waals surface area contributed by atoms with Crippen LogP contribution >= 0.6 is 11.9 Å². The minimum Gasteiger partial charge on any atom is -0.324 e. The number of hydrogen-bond acceptors (Lipinski definition) is 5. The van der Waals surface area contributed by atoms with Gasteiger partial charge in [-0.05, 0) is 90.8 Å². The highest BCUT2D eigenvalue weighted by molar-refractivity contribution is 7.97. The summed E-state index contributed by atoms with van der Waals surface area (Å²) in [6, 6.07) is 8.34. The summed E-state index contributed by atoms with van der Waals surface area (Å²) in [5.74, 6) is 0.0779. The standard InChI is InChI=1S/C23H27N3O3S/c1-14(2)21(25-30-18-11-9-17(10-12-18)26(28)29)23(27)24-22-19-7-3-5-15(19)13-16-6-4-8-20(16)22/h9-14,21,25H,3-8H2,1-2H3,(H,24,27). The Morgan fingerprint density at radius 2 is 1.63 bits per heavy atom. The zero-order valence-electron chi connectivity index (χ0n) is 17.4. The van der Waals surface area contributed by atoms with Gasteiger partial charge in [-0.15, -0.1) is 0 Å². The van der Waals surface area contributed by atoms with Gasteiger partial charge in [0, 0.05) is 22.7 Å². The molecule has 2 aliphatic rings. The first-order valence-electron chi connectivity index (χ1n) is 10.6. The van der Waals surface area contributed by atoms with Gasteiger partial charge in [-0.3, -0.25) is 14.9 Å². The Bertz CT molecular complexity index is 940. The van der Waals surface area contributed by atoms with Crippen molar-refractivity contribution in [3.8, 4) is 0 Å². The summed E-state index contributed by atoms with van der Waals surface area (Å²) in [4.78, 5) is 24.5. The molecule has 30 heavy (non-hydrogen) atoms. The lowest BCUT2D eigenvalue weighted by molar-refractivity contribution is -0.384. The lowest BCUT2D eigenvalue weighted by Crippen LogP contribution is -2.41. The number of benzene rings is 2. The number of aryl methyl sites for hydroxylation is 2. The third kappa shape index (κ3) is 4.23. The van der Waals surface area contributed by atoms with E-state index in [2.05, 4.69) is 16.1 Å². The van der Waals surface area contributed by atoms with Gasteiger partial charge in [-0.25, -0.2) is 4.72 Å². The van der Waals surface area contributed by atoms with Gasteiger partial charge < -0.3 is 5.32 Å². The Kier molecular flexibility index (Phi) is 6.11. The number of anilines is 1. The molecule has 0 bridgehead atoms. The van der Waals surface area contributed by atoms with Crippen LogP contribution in [0.2, 0.25) is 0 Å². The Morgan fingerprint density at radius 3 is 2.17 bits per heavy atom. The third-order valence-electron chi connectivity index (χ3n) is 6.02. The van der Waals surface area contributed by atoms with Gasteiger partial charge in [0.15, 0.2) is 0 Å². The van der Waals surface area contributed by atoms with Gasteiger partial charge in [0.2, 0.25) is 5.91 Å². The average Bonchev–Trinajstić information content (AvgIpc) is 3.37. The molecule has 1 unspecified atom stereocenters. The molecule has 0 radical (unpaired) electrons. The van der Waals surface area contributed by atoms with Crippen molar-refractivity contribution in [2.45, 2.75) is 63.3 Å². The molecular formula is C23H27N3O3S. The predicted molar refractivity (Wildman–Crippen MR) is 120 cm³/mol. The molecule has 1 amide bonds. The van der Waals surface area contributed by atoms with Crippen LogP contribution in [0, 0.1) is 16.0 Å². The smallest absolute Gasteiger partial charge is 0.269 e. The van der Waals surface area contributed by atoms with Crippen LogP contribution in [-0.4, -0.2) is 16.9 Å². The summed E-state index contributed by atoms with van der Waals surface area (Å²) in [7, 11) is 0. The lowest BCUT2D eigenvalue weighted by atomic mass is 9.97. The largest absolute Gasteiger partial charge is 0.324 e. The molecule has 0 fully saturated rings. The first kappa shape index (κ1) is 20.9. The summed E-state index contributed by atoms with van der Waals surface area (Å²) in [6.45, 7) is 4.04. The van der Waals surface area contributed by atoms with Crippen LogP contribution in [-0.2, 0) is 30.5 Å². The molecule has 0 spiro atoms. The molecule has 0 aliphatic heterocycles. The number of carbonyl (C=O) groups is 1. The quantitative estimate of drug-likeness (QED) is 0.377. The van der Waals surface area contributed by atoms with Crippen molar-refractivity contribution < 1.29 is 9.72 Å². The summed E-state index contributed by atoms with van der Waals surface area (Å²) in [5, 5.41) is 14.1. The molecule has 1 atom stereocenters. The number of nitrogens with zero attached hydrogens (tertiary/aromatic N) is 1. The van der Waals surface area contributed by atoms with Crippen molar-refractivity contribution in [3.05, 3.63) is 62.7 Å². The first-order valence-corrected chi connectivity index (χ1v) is 11.4. The molecule has 0 saturated carbocycles. The second-order valence-electron chi connectivity index (χ2n) is 8.42. The number of nitro benzene ring substituents is 1.